The van der Waals surface area contributed by atoms with Gasteiger partial charge in [-0.15, -0.1) is 0 Å². The second kappa shape index (κ2) is 8.70. The van der Waals surface area contributed by atoms with E-state index in [2.05, 4.69) is 47.6 Å². The molecular weight excluding hydrogens is 478 g/mol. The monoisotopic (exact) mass is 501 g/mol. The molecule has 6 rings (SSSR count). The second-order valence-electron chi connectivity index (χ2n) is 8.64. The molecule has 35 heavy (non-hydrogen) atoms. The van der Waals surface area contributed by atoms with E-state index in [9.17, 15) is 9.90 Å². The molecule has 0 spiro atoms. The molecule has 8 heteroatoms. The topological polar surface area (TPSA) is 67.6 Å². The highest BCUT2D eigenvalue weighted by Gasteiger charge is 2.27. The Morgan fingerprint density at radius 3 is 2.57 bits per heavy atom. The van der Waals surface area contributed by atoms with Crippen LogP contribution in [0.25, 0.3) is 11.1 Å². The van der Waals surface area contributed by atoms with Crippen molar-refractivity contribution in [3.63, 3.8) is 0 Å². The molecule has 0 fully saturated rings. The van der Waals surface area contributed by atoms with Gasteiger partial charge in [-0.2, -0.15) is 5.10 Å². The lowest BCUT2D eigenvalue weighted by atomic mass is 10.0. The van der Waals surface area contributed by atoms with Crippen LogP contribution in [-0.2, 0) is 13.6 Å². The van der Waals surface area contributed by atoms with Gasteiger partial charge in [-0.05, 0) is 54.4 Å². The summed E-state index contributed by atoms with van der Waals surface area (Å²) < 4.78 is 7.52. The number of nitrogens with zero attached hydrogens (tertiary/aromatic N) is 3. The lowest BCUT2D eigenvalue weighted by Gasteiger charge is -2.22. The largest absolute Gasteiger partial charge is 0.504 e. The number of fused-ring (bicyclic) bond motifs is 3. The van der Waals surface area contributed by atoms with Crippen molar-refractivity contribution in [2.24, 2.45) is 7.05 Å². The van der Waals surface area contributed by atoms with E-state index in [0.717, 1.165) is 22.4 Å². The molecule has 6 nitrogen and oxygen atoms in total. The van der Waals surface area contributed by atoms with E-state index in [1.54, 1.807) is 52.3 Å². The first-order valence-corrected chi connectivity index (χ1v) is 13.0. The van der Waals surface area contributed by atoms with Crippen molar-refractivity contribution in [2.75, 3.05) is 13.2 Å². The normalized spacial score (nSPS) is 14.4. The van der Waals surface area contributed by atoms with E-state index in [4.69, 9.17) is 4.74 Å². The van der Waals surface area contributed by atoms with Crippen molar-refractivity contribution in [3.05, 3.63) is 77.6 Å². The van der Waals surface area contributed by atoms with Crippen LogP contribution in [0.1, 0.15) is 21.7 Å². The fourth-order valence-corrected chi connectivity index (χ4v) is 6.98. The highest BCUT2D eigenvalue weighted by Crippen LogP contribution is 2.52. The number of carbonyl (C=O) groups is 1. The van der Waals surface area contributed by atoms with Crippen molar-refractivity contribution < 1.29 is 14.6 Å². The average molecular weight is 502 g/mol. The highest BCUT2D eigenvalue weighted by atomic mass is 32.2. The van der Waals surface area contributed by atoms with Crippen LogP contribution < -0.4 is 4.74 Å². The molecule has 1 N–H and O–H groups in total. The Hall–Kier alpha value is -3.36. The van der Waals surface area contributed by atoms with E-state index in [1.165, 1.54) is 19.6 Å². The Labute approximate surface area is 211 Å². The van der Waals surface area contributed by atoms with Gasteiger partial charge in [0, 0.05) is 38.7 Å². The maximum absolute atomic E-state index is 13.3. The molecular formula is C27H23N3O3S2. The van der Waals surface area contributed by atoms with Gasteiger partial charge in [-0.25, -0.2) is 0 Å². The first-order chi connectivity index (χ1) is 17.0. The van der Waals surface area contributed by atoms with E-state index >= 15 is 0 Å². The zero-order valence-corrected chi connectivity index (χ0v) is 20.9. The third-order valence-electron chi connectivity index (χ3n) is 6.19. The first-order valence-electron chi connectivity index (χ1n) is 11.3. The minimum Gasteiger partial charge on any atom is -0.504 e. The van der Waals surface area contributed by atoms with E-state index < -0.39 is 0 Å². The van der Waals surface area contributed by atoms with Crippen LogP contribution >= 0.6 is 23.5 Å². The number of phenols is 1. The average Bonchev–Trinajstić information content (AvgIpc) is 3.05. The van der Waals surface area contributed by atoms with Crippen LogP contribution in [-0.4, -0.2) is 38.8 Å². The van der Waals surface area contributed by atoms with Gasteiger partial charge < -0.3 is 14.7 Å². The molecule has 0 atom stereocenters. The number of amides is 1. The minimum atomic E-state index is -0.102. The smallest absolute Gasteiger partial charge is 0.272 e. The summed E-state index contributed by atoms with van der Waals surface area (Å²) in [5.41, 5.74) is 4.08. The lowest BCUT2D eigenvalue weighted by Crippen LogP contribution is -2.33. The number of phenolic OH excluding ortho intramolecular Hbond substituents is 1. The van der Waals surface area contributed by atoms with Crippen molar-refractivity contribution in [3.8, 4) is 22.6 Å². The number of ether oxygens (including phenoxy) is 1. The maximum Gasteiger partial charge on any atom is 0.272 e. The number of hydrogen-bond donors (Lipinski definition) is 1. The molecule has 0 saturated carbocycles. The predicted molar refractivity (Wildman–Crippen MR) is 136 cm³/mol. The summed E-state index contributed by atoms with van der Waals surface area (Å²) in [6, 6.07) is 20.3. The predicted octanol–water partition coefficient (Wildman–Crippen LogP) is 5.75. The Morgan fingerprint density at radius 1 is 1.03 bits per heavy atom. The molecule has 176 valence electrons. The van der Waals surface area contributed by atoms with Crippen LogP contribution in [0.5, 0.6) is 11.5 Å². The van der Waals surface area contributed by atoms with Crippen molar-refractivity contribution in [2.45, 2.75) is 33.1 Å². The Morgan fingerprint density at radius 2 is 1.80 bits per heavy atom. The van der Waals surface area contributed by atoms with Crippen LogP contribution in [0.2, 0.25) is 0 Å². The fourth-order valence-electron chi connectivity index (χ4n) is 4.58. The van der Waals surface area contributed by atoms with Crippen LogP contribution in [0, 0.1) is 6.92 Å². The molecule has 2 aliphatic rings. The summed E-state index contributed by atoms with van der Waals surface area (Å²) in [5.74, 6) is 0.437. The van der Waals surface area contributed by atoms with Crippen molar-refractivity contribution in [1.29, 1.82) is 0 Å². The van der Waals surface area contributed by atoms with E-state index in [-0.39, 0.29) is 11.7 Å². The summed E-state index contributed by atoms with van der Waals surface area (Å²) in [7, 11) is 1.78. The molecule has 0 bridgehead atoms. The second-order valence-corrected chi connectivity index (χ2v) is 10.8. The van der Waals surface area contributed by atoms with Gasteiger partial charge in [-0.1, -0.05) is 47.8 Å². The summed E-state index contributed by atoms with van der Waals surface area (Å²) in [6.45, 7) is 2.96. The van der Waals surface area contributed by atoms with Gasteiger partial charge >= 0.3 is 0 Å². The molecule has 4 aromatic rings. The zero-order chi connectivity index (χ0) is 24.1. The summed E-state index contributed by atoms with van der Waals surface area (Å²) >= 11 is 3.51. The third-order valence-corrected chi connectivity index (χ3v) is 8.81. The molecule has 0 saturated heterocycles. The SMILES string of the molecule is Cc1cc(C(=O)N2CCOc3c(O)cc(-c4cccc5c4Sc4ccccc4S5)cc3C2)n(C)n1. The summed E-state index contributed by atoms with van der Waals surface area (Å²) in [4.78, 5) is 19.9. The summed E-state index contributed by atoms with van der Waals surface area (Å²) in [5, 5.41) is 15.2. The number of carbonyl (C=O) groups excluding carboxylic acids is 1. The van der Waals surface area contributed by atoms with Gasteiger partial charge in [0.05, 0.1) is 12.2 Å². The highest BCUT2D eigenvalue weighted by molar-refractivity contribution is 8.05. The van der Waals surface area contributed by atoms with Gasteiger partial charge in [0.25, 0.3) is 5.91 Å². The number of aromatic hydroxyl groups is 1. The maximum atomic E-state index is 13.3. The Kier molecular flexibility index (Phi) is 5.50. The first kappa shape index (κ1) is 22.1. The molecule has 3 aromatic carbocycles. The van der Waals surface area contributed by atoms with Gasteiger partial charge in [0.15, 0.2) is 11.5 Å². The molecule has 2 aliphatic heterocycles. The summed E-state index contributed by atoms with van der Waals surface area (Å²) in [6.07, 6.45) is 0. The van der Waals surface area contributed by atoms with E-state index in [1.807, 2.05) is 13.0 Å². The number of aromatic nitrogens is 2. The molecule has 1 amide bonds. The molecule has 0 unspecified atom stereocenters. The minimum absolute atomic E-state index is 0.0923. The molecule has 3 heterocycles. The third kappa shape index (κ3) is 3.96. The van der Waals surface area contributed by atoms with Gasteiger partial charge in [-0.3, -0.25) is 9.48 Å². The van der Waals surface area contributed by atoms with Crippen molar-refractivity contribution >= 4 is 29.4 Å². The van der Waals surface area contributed by atoms with Crippen molar-refractivity contribution in [1.82, 2.24) is 14.7 Å². The quantitative estimate of drug-likeness (QED) is 0.332. The standard InChI is InChI=1S/C27H23N3O3S2/c1-16-12-20(29(2)28-16)27(32)30-10-11-33-25-18(15-30)13-17(14-21(25)31)19-6-5-9-24-26(19)35-23-8-4-3-7-22(23)34-24/h3-9,12-14,31H,10-11,15H2,1-2H3. The number of benzene rings is 3. The van der Waals surface area contributed by atoms with Gasteiger partial charge in [0.2, 0.25) is 0 Å². The Bertz CT molecular complexity index is 1480. The van der Waals surface area contributed by atoms with Crippen LogP contribution in [0.3, 0.4) is 0 Å². The zero-order valence-electron chi connectivity index (χ0n) is 19.3. The lowest BCUT2D eigenvalue weighted by molar-refractivity contribution is 0.0722. The number of rotatable bonds is 2. The van der Waals surface area contributed by atoms with Gasteiger partial charge in [0.1, 0.15) is 12.3 Å². The van der Waals surface area contributed by atoms with Crippen LogP contribution in [0.15, 0.2) is 80.2 Å². The molecule has 1 aromatic heterocycles. The number of hydrogen-bond acceptors (Lipinski definition) is 6. The number of aryl methyl sites for hydroxylation is 2. The Balaban J connectivity index is 1.38. The fraction of sp³-hybridized carbons (Fsp3) is 0.185. The van der Waals surface area contributed by atoms with Crippen LogP contribution in [0.4, 0.5) is 0 Å². The molecule has 0 radical (unpaired) electrons. The molecule has 0 aliphatic carbocycles. The van der Waals surface area contributed by atoms with E-state index in [0.29, 0.717) is 31.1 Å².